The molecular weight excluding hydrogens is 276 g/mol. The van der Waals surface area contributed by atoms with Gasteiger partial charge in [-0.2, -0.15) is 5.10 Å². The van der Waals surface area contributed by atoms with E-state index in [0.717, 1.165) is 31.5 Å². The minimum absolute atomic E-state index is 0.382. The molecule has 114 valence electrons. The lowest BCUT2D eigenvalue weighted by molar-refractivity contribution is 0.288. The lowest BCUT2D eigenvalue weighted by Gasteiger charge is -2.30. The van der Waals surface area contributed by atoms with Crippen LogP contribution in [0, 0.1) is 0 Å². The van der Waals surface area contributed by atoms with Gasteiger partial charge in [0.2, 0.25) is 10.0 Å². The molecule has 0 aliphatic carbocycles. The summed E-state index contributed by atoms with van der Waals surface area (Å²) in [7, 11) is -1.07. The van der Waals surface area contributed by atoms with Gasteiger partial charge in [-0.05, 0) is 25.3 Å². The van der Waals surface area contributed by atoms with E-state index in [1.807, 2.05) is 11.7 Å². The third kappa shape index (κ3) is 3.80. The average Bonchev–Trinajstić information content (AvgIpc) is 2.76. The van der Waals surface area contributed by atoms with Crippen LogP contribution in [0.5, 0.6) is 0 Å². The fraction of sp³-hybridized carbons (Fsp3) is 0.769. The maximum atomic E-state index is 11.4. The van der Waals surface area contributed by atoms with Crippen LogP contribution >= 0.6 is 0 Å². The van der Waals surface area contributed by atoms with E-state index in [0.29, 0.717) is 19.1 Å². The summed E-state index contributed by atoms with van der Waals surface area (Å²) in [6.07, 6.45) is 3.96. The second-order valence-electron chi connectivity index (χ2n) is 5.42. The Morgan fingerprint density at radius 3 is 2.55 bits per heavy atom. The number of aromatic nitrogens is 2. The fourth-order valence-electron chi connectivity index (χ4n) is 2.55. The van der Waals surface area contributed by atoms with Crippen molar-refractivity contribution in [1.82, 2.24) is 19.4 Å². The van der Waals surface area contributed by atoms with E-state index in [1.54, 1.807) is 4.31 Å². The third-order valence-electron chi connectivity index (χ3n) is 3.88. The van der Waals surface area contributed by atoms with Crippen LogP contribution in [0.3, 0.4) is 0 Å². The molecule has 0 saturated carbocycles. The lowest BCUT2D eigenvalue weighted by Crippen LogP contribution is -2.44. The number of aryl methyl sites for hydroxylation is 2. The molecule has 1 aliphatic heterocycles. The Kier molecular flexibility index (Phi) is 4.82. The van der Waals surface area contributed by atoms with Gasteiger partial charge in [0.1, 0.15) is 0 Å². The highest BCUT2D eigenvalue weighted by atomic mass is 32.2. The molecule has 1 aromatic heterocycles. The summed E-state index contributed by atoms with van der Waals surface area (Å²) in [5, 5.41) is 7.93. The van der Waals surface area contributed by atoms with Gasteiger partial charge in [0.25, 0.3) is 0 Å². The first-order chi connectivity index (χ1) is 9.40. The molecule has 1 N–H and O–H groups in total. The summed E-state index contributed by atoms with van der Waals surface area (Å²) in [5.74, 6) is 0. The Bertz CT molecular complexity index is 545. The summed E-state index contributed by atoms with van der Waals surface area (Å²) in [4.78, 5) is 0. The van der Waals surface area contributed by atoms with Crippen LogP contribution in [0.2, 0.25) is 0 Å². The van der Waals surface area contributed by atoms with Crippen molar-refractivity contribution in [1.29, 1.82) is 0 Å². The third-order valence-corrected chi connectivity index (χ3v) is 5.19. The number of piperidine rings is 1. The van der Waals surface area contributed by atoms with E-state index < -0.39 is 10.0 Å². The summed E-state index contributed by atoms with van der Waals surface area (Å²) in [5.41, 5.74) is 2.28. The van der Waals surface area contributed by atoms with Crippen molar-refractivity contribution in [2.45, 2.75) is 38.8 Å². The van der Waals surface area contributed by atoms with Gasteiger partial charge in [-0.15, -0.1) is 0 Å². The first-order valence-electron chi connectivity index (χ1n) is 7.10. The molecule has 7 heteroatoms. The van der Waals surface area contributed by atoms with E-state index in [1.165, 1.54) is 11.9 Å². The molecule has 0 aromatic carbocycles. The molecule has 0 bridgehead atoms. The Labute approximate surface area is 121 Å². The van der Waals surface area contributed by atoms with E-state index >= 15 is 0 Å². The number of rotatable bonds is 5. The fourth-order valence-corrected chi connectivity index (χ4v) is 3.42. The molecule has 2 rings (SSSR count). The summed E-state index contributed by atoms with van der Waals surface area (Å²) < 4.78 is 26.4. The highest BCUT2D eigenvalue weighted by Gasteiger charge is 2.24. The molecule has 0 amide bonds. The van der Waals surface area contributed by atoms with Crippen LogP contribution in [0.25, 0.3) is 0 Å². The van der Waals surface area contributed by atoms with Crippen molar-refractivity contribution < 1.29 is 8.42 Å². The highest BCUT2D eigenvalue weighted by molar-refractivity contribution is 7.88. The molecule has 20 heavy (non-hydrogen) atoms. The van der Waals surface area contributed by atoms with Crippen LogP contribution in [-0.2, 0) is 30.0 Å². The number of hydrogen-bond donors (Lipinski definition) is 1. The highest BCUT2D eigenvalue weighted by Crippen LogP contribution is 2.14. The predicted molar refractivity (Wildman–Crippen MR) is 78.9 cm³/mol. The Morgan fingerprint density at radius 1 is 1.40 bits per heavy atom. The van der Waals surface area contributed by atoms with Gasteiger partial charge >= 0.3 is 0 Å². The van der Waals surface area contributed by atoms with Crippen molar-refractivity contribution in [3.05, 3.63) is 17.5 Å². The first-order valence-corrected chi connectivity index (χ1v) is 8.95. The Hall–Kier alpha value is -0.920. The summed E-state index contributed by atoms with van der Waals surface area (Å²) in [6.45, 7) is 4.11. The predicted octanol–water partition coefficient (Wildman–Crippen LogP) is 0.496. The molecule has 6 nitrogen and oxygen atoms in total. The number of sulfonamides is 1. The molecule has 0 unspecified atom stereocenters. The topological polar surface area (TPSA) is 67.2 Å². The van der Waals surface area contributed by atoms with Crippen LogP contribution < -0.4 is 5.32 Å². The van der Waals surface area contributed by atoms with E-state index in [9.17, 15) is 8.42 Å². The van der Waals surface area contributed by atoms with Crippen molar-refractivity contribution in [3.63, 3.8) is 0 Å². The zero-order valence-corrected chi connectivity index (χ0v) is 13.3. The van der Waals surface area contributed by atoms with Gasteiger partial charge < -0.3 is 5.32 Å². The van der Waals surface area contributed by atoms with Gasteiger partial charge in [0.15, 0.2) is 0 Å². The van der Waals surface area contributed by atoms with Gasteiger partial charge in [0, 0.05) is 32.7 Å². The molecule has 1 aliphatic rings. The van der Waals surface area contributed by atoms with Gasteiger partial charge in [-0.3, -0.25) is 4.68 Å². The second-order valence-corrected chi connectivity index (χ2v) is 7.40. The summed E-state index contributed by atoms with van der Waals surface area (Å²) >= 11 is 0. The minimum atomic E-state index is -3.03. The van der Waals surface area contributed by atoms with E-state index in [4.69, 9.17) is 0 Å². The van der Waals surface area contributed by atoms with Crippen LogP contribution in [0.1, 0.15) is 31.2 Å². The first kappa shape index (κ1) is 15.5. The number of nitrogens with zero attached hydrogens (tertiary/aromatic N) is 3. The maximum Gasteiger partial charge on any atom is 0.211 e. The van der Waals surface area contributed by atoms with Crippen LogP contribution in [-0.4, -0.2) is 47.9 Å². The quantitative estimate of drug-likeness (QED) is 0.860. The van der Waals surface area contributed by atoms with Crippen molar-refractivity contribution in [2.75, 3.05) is 19.3 Å². The van der Waals surface area contributed by atoms with Gasteiger partial charge in [-0.25, -0.2) is 12.7 Å². The molecule has 0 atom stereocenters. The van der Waals surface area contributed by atoms with Crippen molar-refractivity contribution >= 4 is 10.0 Å². The standard InChI is InChI=1S/C13H24N4O2S/c1-4-11-9-13(16(2)15-11)10-14-12-5-7-17(8-6-12)20(3,18)19/h9,12,14H,4-8,10H2,1-3H3. The van der Waals surface area contributed by atoms with E-state index in [-0.39, 0.29) is 0 Å². The second kappa shape index (κ2) is 6.24. The van der Waals surface area contributed by atoms with Crippen molar-refractivity contribution in [3.8, 4) is 0 Å². The molecule has 1 fully saturated rings. The molecular formula is C13H24N4O2S. The van der Waals surface area contributed by atoms with Crippen LogP contribution in [0.15, 0.2) is 6.07 Å². The molecule has 0 radical (unpaired) electrons. The normalized spacial score (nSPS) is 18.6. The number of hydrogen-bond acceptors (Lipinski definition) is 4. The number of nitrogens with one attached hydrogen (secondary N) is 1. The Balaban J connectivity index is 1.83. The van der Waals surface area contributed by atoms with Crippen molar-refractivity contribution in [2.24, 2.45) is 7.05 Å². The minimum Gasteiger partial charge on any atom is -0.308 e. The summed E-state index contributed by atoms with van der Waals surface area (Å²) in [6, 6.07) is 2.51. The SMILES string of the molecule is CCc1cc(CNC2CCN(S(C)(=O)=O)CC2)n(C)n1. The average molecular weight is 300 g/mol. The smallest absolute Gasteiger partial charge is 0.211 e. The zero-order valence-electron chi connectivity index (χ0n) is 12.5. The monoisotopic (exact) mass is 300 g/mol. The maximum absolute atomic E-state index is 11.4. The van der Waals surface area contributed by atoms with Crippen LogP contribution in [0.4, 0.5) is 0 Å². The molecule has 0 spiro atoms. The van der Waals surface area contributed by atoms with E-state index in [2.05, 4.69) is 23.4 Å². The lowest BCUT2D eigenvalue weighted by atomic mass is 10.1. The molecule has 2 heterocycles. The molecule has 1 aromatic rings. The van der Waals surface area contributed by atoms with Gasteiger partial charge in [0.05, 0.1) is 17.6 Å². The van der Waals surface area contributed by atoms with Gasteiger partial charge in [-0.1, -0.05) is 6.92 Å². The Morgan fingerprint density at radius 2 is 2.05 bits per heavy atom. The zero-order chi connectivity index (χ0) is 14.8. The molecule has 1 saturated heterocycles. The largest absolute Gasteiger partial charge is 0.308 e.